The zero-order chi connectivity index (χ0) is 10.9. The summed E-state index contributed by atoms with van der Waals surface area (Å²) < 4.78 is 4.98. The largest absolute Gasteiger partial charge is 0.450 e. The predicted molar refractivity (Wildman–Crippen MR) is 57.8 cm³/mol. The summed E-state index contributed by atoms with van der Waals surface area (Å²) in [6.45, 7) is 9.77. The Labute approximate surface area is 91.2 Å². The lowest BCUT2D eigenvalue weighted by atomic mass is 9.79. The molecule has 2 aliphatic rings. The summed E-state index contributed by atoms with van der Waals surface area (Å²) in [5.41, 5.74) is 0.392. The molecule has 2 aliphatic heterocycles. The van der Waals surface area contributed by atoms with Gasteiger partial charge in [-0.15, -0.1) is 0 Å². The zero-order valence-corrected chi connectivity index (χ0v) is 9.66. The first-order valence-corrected chi connectivity index (χ1v) is 5.83. The van der Waals surface area contributed by atoms with Crippen LogP contribution in [0.5, 0.6) is 0 Å². The Bertz CT molecular complexity index is 249. The van der Waals surface area contributed by atoms with Crippen molar-refractivity contribution in [2.24, 2.45) is 5.41 Å². The van der Waals surface area contributed by atoms with Gasteiger partial charge in [0, 0.05) is 25.0 Å². The van der Waals surface area contributed by atoms with E-state index < -0.39 is 0 Å². The van der Waals surface area contributed by atoms with Crippen LogP contribution in [0.3, 0.4) is 0 Å². The van der Waals surface area contributed by atoms with Crippen LogP contribution in [0.4, 0.5) is 4.79 Å². The average Bonchev–Trinajstić information content (AvgIpc) is 2.59. The summed E-state index contributed by atoms with van der Waals surface area (Å²) in [6, 6.07) is 0. The zero-order valence-electron chi connectivity index (χ0n) is 9.66. The van der Waals surface area contributed by atoms with E-state index in [1.165, 1.54) is 13.0 Å². The van der Waals surface area contributed by atoms with Gasteiger partial charge in [-0.25, -0.2) is 4.79 Å². The first kappa shape index (κ1) is 10.7. The van der Waals surface area contributed by atoms with Crippen LogP contribution in [-0.4, -0.2) is 55.2 Å². The van der Waals surface area contributed by atoms with Gasteiger partial charge < -0.3 is 14.5 Å². The van der Waals surface area contributed by atoms with Crippen molar-refractivity contribution in [1.29, 1.82) is 0 Å². The van der Waals surface area contributed by atoms with Gasteiger partial charge in [0.1, 0.15) is 0 Å². The van der Waals surface area contributed by atoms with E-state index in [2.05, 4.69) is 11.8 Å². The van der Waals surface area contributed by atoms with Crippen molar-refractivity contribution in [3.63, 3.8) is 0 Å². The van der Waals surface area contributed by atoms with Crippen LogP contribution in [-0.2, 0) is 4.74 Å². The van der Waals surface area contributed by atoms with Gasteiger partial charge in [-0.1, -0.05) is 6.92 Å². The lowest BCUT2D eigenvalue weighted by molar-refractivity contribution is 0.00399. The minimum absolute atomic E-state index is 0.141. The van der Waals surface area contributed by atoms with Gasteiger partial charge >= 0.3 is 6.09 Å². The Hall–Kier alpha value is -0.770. The van der Waals surface area contributed by atoms with Gasteiger partial charge in [0.05, 0.1) is 6.61 Å². The molecule has 4 nitrogen and oxygen atoms in total. The molecule has 0 aromatic carbocycles. The van der Waals surface area contributed by atoms with E-state index in [1.54, 1.807) is 0 Å². The molecule has 0 aromatic heterocycles. The molecule has 0 bridgehead atoms. The molecule has 0 aromatic rings. The van der Waals surface area contributed by atoms with E-state index in [0.717, 1.165) is 26.2 Å². The molecule has 2 heterocycles. The van der Waals surface area contributed by atoms with E-state index in [0.29, 0.717) is 12.0 Å². The minimum atomic E-state index is -0.141. The van der Waals surface area contributed by atoms with Crippen molar-refractivity contribution >= 4 is 6.09 Å². The number of carbonyl (C=O) groups excluding carboxylic acids is 1. The second-order valence-electron chi connectivity index (χ2n) is 4.67. The fourth-order valence-corrected chi connectivity index (χ4v) is 2.66. The number of likely N-dealkylation sites (tertiary alicyclic amines) is 2. The standard InChI is InChI=1S/C11H20N2O2/c1-3-12-6-5-11(7-12)8-13(9-11)10(14)15-4-2/h3-9H2,1-2H3. The summed E-state index contributed by atoms with van der Waals surface area (Å²) in [6.07, 6.45) is 1.09. The predicted octanol–water partition coefficient (Wildman–Crippen LogP) is 1.17. The highest BCUT2D eigenvalue weighted by Gasteiger charge is 2.49. The Kier molecular flexibility index (Phi) is 2.87. The monoisotopic (exact) mass is 212 g/mol. The molecule has 4 heteroatoms. The summed E-state index contributed by atoms with van der Waals surface area (Å²) >= 11 is 0. The van der Waals surface area contributed by atoms with Crippen LogP contribution in [0.1, 0.15) is 20.3 Å². The number of hydrogen-bond acceptors (Lipinski definition) is 3. The number of ether oxygens (including phenoxy) is 1. The van der Waals surface area contributed by atoms with E-state index in [9.17, 15) is 4.79 Å². The van der Waals surface area contributed by atoms with Crippen LogP contribution in [0.15, 0.2) is 0 Å². The third kappa shape index (κ3) is 1.95. The molecule has 0 saturated carbocycles. The Morgan fingerprint density at radius 2 is 2.07 bits per heavy atom. The molecule has 0 unspecified atom stereocenters. The molecule has 2 fully saturated rings. The number of rotatable bonds is 2. The Morgan fingerprint density at radius 1 is 1.33 bits per heavy atom. The molecule has 15 heavy (non-hydrogen) atoms. The Morgan fingerprint density at radius 3 is 2.60 bits per heavy atom. The maximum absolute atomic E-state index is 11.4. The van der Waals surface area contributed by atoms with Crippen LogP contribution >= 0.6 is 0 Å². The molecule has 2 rings (SSSR count). The van der Waals surface area contributed by atoms with Gasteiger partial charge in [0.25, 0.3) is 0 Å². The summed E-state index contributed by atoms with van der Waals surface area (Å²) in [4.78, 5) is 15.7. The molecule has 86 valence electrons. The van der Waals surface area contributed by atoms with Crippen molar-refractivity contribution < 1.29 is 9.53 Å². The van der Waals surface area contributed by atoms with Crippen molar-refractivity contribution in [2.45, 2.75) is 20.3 Å². The summed E-state index contributed by atoms with van der Waals surface area (Å²) in [5, 5.41) is 0. The first-order chi connectivity index (χ1) is 7.19. The fourth-order valence-electron chi connectivity index (χ4n) is 2.66. The number of nitrogens with zero attached hydrogens (tertiary/aromatic N) is 2. The highest BCUT2D eigenvalue weighted by Crippen LogP contribution is 2.39. The second kappa shape index (κ2) is 4.00. The quantitative estimate of drug-likeness (QED) is 0.689. The molecule has 0 radical (unpaired) electrons. The molecule has 1 amide bonds. The van der Waals surface area contributed by atoms with Crippen molar-refractivity contribution in [3.05, 3.63) is 0 Å². The van der Waals surface area contributed by atoms with Gasteiger partial charge in [0.2, 0.25) is 0 Å². The third-order valence-electron chi connectivity index (χ3n) is 3.54. The summed E-state index contributed by atoms with van der Waals surface area (Å²) in [7, 11) is 0. The highest BCUT2D eigenvalue weighted by molar-refractivity contribution is 5.69. The molecular weight excluding hydrogens is 192 g/mol. The lowest BCUT2D eigenvalue weighted by Gasteiger charge is -2.47. The average molecular weight is 212 g/mol. The van der Waals surface area contributed by atoms with Crippen LogP contribution in [0, 0.1) is 5.41 Å². The van der Waals surface area contributed by atoms with E-state index in [1.807, 2.05) is 11.8 Å². The first-order valence-electron chi connectivity index (χ1n) is 5.83. The third-order valence-corrected chi connectivity index (χ3v) is 3.54. The highest BCUT2D eigenvalue weighted by atomic mass is 16.6. The molecular formula is C11H20N2O2. The number of carbonyl (C=O) groups is 1. The van der Waals surface area contributed by atoms with E-state index in [4.69, 9.17) is 4.74 Å². The smallest absolute Gasteiger partial charge is 0.409 e. The van der Waals surface area contributed by atoms with Crippen molar-refractivity contribution in [3.8, 4) is 0 Å². The fraction of sp³-hybridized carbons (Fsp3) is 0.909. The van der Waals surface area contributed by atoms with Crippen molar-refractivity contribution in [1.82, 2.24) is 9.80 Å². The maximum atomic E-state index is 11.4. The number of hydrogen-bond donors (Lipinski definition) is 0. The van der Waals surface area contributed by atoms with Gasteiger partial charge in [-0.2, -0.15) is 0 Å². The van der Waals surface area contributed by atoms with E-state index >= 15 is 0 Å². The van der Waals surface area contributed by atoms with Gasteiger partial charge in [-0.3, -0.25) is 0 Å². The molecule has 0 aliphatic carbocycles. The SMILES string of the molecule is CCOC(=O)N1CC2(CCN(CC)C2)C1. The second-order valence-corrected chi connectivity index (χ2v) is 4.67. The molecule has 0 atom stereocenters. The Balaban J connectivity index is 1.80. The molecule has 2 saturated heterocycles. The molecule has 1 spiro atoms. The topological polar surface area (TPSA) is 32.8 Å². The van der Waals surface area contributed by atoms with Gasteiger partial charge in [0.15, 0.2) is 0 Å². The van der Waals surface area contributed by atoms with Crippen molar-refractivity contribution in [2.75, 3.05) is 39.3 Å². The molecule has 0 N–H and O–H groups in total. The number of amides is 1. The van der Waals surface area contributed by atoms with E-state index in [-0.39, 0.29) is 6.09 Å². The van der Waals surface area contributed by atoms with Gasteiger partial charge in [-0.05, 0) is 26.4 Å². The maximum Gasteiger partial charge on any atom is 0.409 e. The minimum Gasteiger partial charge on any atom is -0.450 e. The van der Waals surface area contributed by atoms with Crippen LogP contribution in [0.25, 0.3) is 0 Å². The summed E-state index contributed by atoms with van der Waals surface area (Å²) in [5.74, 6) is 0. The lowest BCUT2D eigenvalue weighted by Crippen LogP contribution is -2.59. The van der Waals surface area contributed by atoms with Crippen LogP contribution < -0.4 is 0 Å². The van der Waals surface area contributed by atoms with Crippen LogP contribution in [0.2, 0.25) is 0 Å². The normalized spacial score (nSPS) is 24.3.